The van der Waals surface area contributed by atoms with Gasteiger partial charge >= 0.3 is 0 Å². The van der Waals surface area contributed by atoms with Gasteiger partial charge in [-0.3, -0.25) is 4.90 Å². The summed E-state index contributed by atoms with van der Waals surface area (Å²) in [5.41, 5.74) is 5.80. The second-order valence-corrected chi connectivity index (χ2v) is 7.69. The first-order chi connectivity index (χ1) is 8.48. The summed E-state index contributed by atoms with van der Waals surface area (Å²) in [6, 6.07) is 0.102. The average molecular weight is 276 g/mol. The molecule has 2 aliphatic rings. The molecule has 2 fully saturated rings. The molecule has 1 heterocycles. The lowest BCUT2D eigenvalue weighted by molar-refractivity contribution is 0.0458. The molecule has 1 aliphatic heterocycles. The number of nitrogens with zero attached hydrogens (tertiary/aromatic N) is 1. The highest BCUT2D eigenvalue weighted by atomic mass is 32.2. The molecule has 4 unspecified atom stereocenters. The lowest BCUT2D eigenvalue weighted by atomic mass is 9.99. The first-order valence-corrected chi connectivity index (χ1v) is 8.65. The molecule has 6 heteroatoms. The van der Waals surface area contributed by atoms with Gasteiger partial charge in [-0.1, -0.05) is 13.3 Å². The standard InChI is InChI=1S/C12H24N2O3S/c1-2-14(10-5-3-4-9(10)6-13)11-7-18(16,17)8-12(11)15/h9-12,15H,2-8,13H2,1H3. The molecule has 1 saturated heterocycles. The van der Waals surface area contributed by atoms with Crippen LogP contribution in [0, 0.1) is 5.92 Å². The molecule has 4 atom stereocenters. The van der Waals surface area contributed by atoms with Crippen molar-refractivity contribution in [2.75, 3.05) is 24.6 Å². The number of sulfone groups is 1. The van der Waals surface area contributed by atoms with E-state index in [0.717, 1.165) is 25.8 Å². The topological polar surface area (TPSA) is 83.6 Å². The van der Waals surface area contributed by atoms with Gasteiger partial charge in [-0.15, -0.1) is 0 Å². The minimum absolute atomic E-state index is 0.0891. The summed E-state index contributed by atoms with van der Waals surface area (Å²) in [6.45, 7) is 3.46. The molecule has 2 rings (SSSR count). The van der Waals surface area contributed by atoms with Gasteiger partial charge in [-0.05, 0) is 31.8 Å². The summed E-state index contributed by atoms with van der Waals surface area (Å²) in [5.74, 6) is 0.449. The van der Waals surface area contributed by atoms with E-state index in [4.69, 9.17) is 5.73 Å². The zero-order valence-electron chi connectivity index (χ0n) is 11.0. The third kappa shape index (κ3) is 2.71. The Bertz CT molecular complexity index is 385. The predicted octanol–water partition coefficient (Wildman–Crippen LogP) is -0.406. The van der Waals surface area contributed by atoms with Crippen LogP contribution < -0.4 is 5.73 Å². The number of hydrogen-bond acceptors (Lipinski definition) is 5. The Kier molecular flexibility index (Phi) is 4.31. The van der Waals surface area contributed by atoms with E-state index in [2.05, 4.69) is 4.90 Å². The van der Waals surface area contributed by atoms with Crippen LogP contribution in [0.5, 0.6) is 0 Å². The Hall–Kier alpha value is -0.170. The zero-order chi connectivity index (χ0) is 13.3. The maximum absolute atomic E-state index is 11.6. The van der Waals surface area contributed by atoms with E-state index >= 15 is 0 Å². The monoisotopic (exact) mass is 276 g/mol. The van der Waals surface area contributed by atoms with E-state index in [9.17, 15) is 13.5 Å². The minimum atomic E-state index is -3.08. The van der Waals surface area contributed by atoms with Crippen LogP contribution in [0.25, 0.3) is 0 Å². The quantitative estimate of drug-likeness (QED) is 0.729. The number of rotatable bonds is 4. The fourth-order valence-electron chi connectivity index (χ4n) is 3.57. The van der Waals surface area contributed by atoms with E-state index < -0.39 is 15.9 Å². The molecule has 0 radical (unpaired) electrons. The van der Waals surface area contributed by atoms with Crippen LogP contribution in [0.1, 0.15) is 26.2 Å². The van der Waals surface area contributed by atoms with Gasteiger partial charge in [-0.25, -0.2) is 8.42 Å². The first-order valence-electron chi connectivity index (χ1n) is 6.82. The van der Waals surface area contributed by atoms with Crippen LogP contribution in [-0.2, 0) is 9.84 Å². The fraction of sp³-hybridized carbons (Fsp3) is 1.00. The lowest BCUT2D eigenvalue weighted by Crippen LogP contribution is -2.51. The van der Waals surface area contributed by atoms with Crippen LogP contribution in [0.15, 0.2) is 0 Å². The first kappa shape index (κ1) is 14.2. The Balaban J connectivity index is 2.14. The van der Waals surface area contributed by atoms with Crippen LogP contribution >= 0.6 is 0 Å². The lowest BCUT2D eigenvalue weighted by Gasteiger charge is -2.37. The molecular formula is C12H24N2O3S. The van der Waals surface area contributed by atoms with Gasteiger partial charge in [0.05, 0.1) is 23.7 Å². The Morgan fingerprint density at radius 3 is 2.50 bits per heavy atom. The minimum Gasteiger partial charge on any atom is -0.390 e. The van der Waals surface area contributed by atoms with Crippen molar-refractivity contribution in [3.8, 4) is 0 Å². The molecule has 1 aliphatic carbocycles. The van der Waals surface area contributed by atoms with Gasteiger partial charge in [0.15, 0.2) is 9.84 Å². The molecule has 0 aromatic carbocycles. The molecule has 3 N–H and O–H groups in total. The highest BCUT2D eigenvalue weighted by Crippen LogP contribution is 2.32. The summed E-state index contributed by atoms with van der Waals surface area (Å²) in [6.07, 6.45) is 2.60. The normalized spacial score (nSPS) is 39.6. The fourth-order valence-corrected chi connectivity index (χ4v) is 5.38. The maximum atomic E-state index is 11.6. The van der Waals surface area contributed by atoms with E-state index in [1.54, 1.807) is 0 Å². The van der Waals surface area contributed by atoms with Crippen molar-refractivity contribution in [1.29, 1.82) is 0 Å². The summed E-state index contributed by atoms with van der Waals surface area (Å²) in [5, 5.41) is 9.99. The molecule has 0 spiro atoms. The molecule has 0 amide bonds. The molecule has 1 saturated carbocycles. The Morgan fingerprint density at radius 2 is 2.00 bits per heavy atom. The Morgan fingerprint density at radius 1 is 1.28 bits per heavy atom. The van der Waals surface area contributed by atoms with E-state index in [1.807, 2.05) is 6.92 Å². The maximum Gasteiger partial charge on any atom is 0.154 e. The van der Waals surface area contributed by atoms with Gasteiger partial charge in [0.1, 0.15) is 0 Å². The van der Waals surface area contributed by atoms with Crippen molar-refractivity contribution in [1.82, 2.24) is 4.90 Å². The third-order valence-electron chi connectivity index (χ3n) is 4.43. The second kappa shape index (κ2) is 5.45. The largest absolute Gasteiger partial charge is 0.390 e. The van der Waals surface area contributed by atoms with Crippen molar-refractivity contribution < 1.29 is 13.5 Å². The highest BCUT2D eigenvalue weighted by Gasteiger charge is 2.43. The van der Waals surface area contributed by atoms with Crippen LogP contribution in [0.2, 0.25) is 0 Å². The van der Waals surface area contributed by atoms with E-state index in [-0.39, 0.29) is 17.5 Å². The second-order valence-electron chi connectivity index (χ2n) is 5.54. The number of aliphatic hydroxyl groups is 1. The van der Waals surface area contributed by atoms with Gasteiger partial charge in [-0.2, -0.15) is 0 Å². The number of aliphatic hydroxyl groups excluding tert-OH is 1. The molecule has 0 aromatic rings. The number of nitrogens with two attached hydrogens (primary N) is 1. The molecular weight excluding hydrogens is 252 g/mol. The summed E-state index contributed by atoms with van der Waals surface area (Å²) in [7, 11) is -3.08. The molecule has 5 nitrogen and oxygen atoms in total. The van der Waals surface area contributed by atoms with Gasteiger partial charge < -0.3 is 10.8 Å². The smallest absolute Gasteiger partial charge is 0.154 e. The zero-order valence-corrected chi connectivity index (χ0v) is 11.8. The Labute approximate surface area is 109 Å². The van der Waals surface area contributed by atoms with Crippen molar-refractivity contribution in [3.63, 3.8) is 0 Å². The molecule has 0 bridgehead atoms. The summed E-state index contributed by atoms with van der Waals surface area (Å²) >= 11 is 0. The van der Waals surface area contributed by atoms with E-state index in [1.165, 1.54) is 0 Å². The van der Waals surface area contributed by atoms with Crippen molar-refractivity contribution in [2.45, 2.75) is 44.4 Å². The van der Waals surface area contributed by atoms with Gasteiger partial charge in [0.25, 0.3) is 0 Å². The summed E-state index contributed by atoms with van der Waals surface area (Å²) < 4.78 is 23.3. The summed E-state index contributed by atoms with van der Waals surface area (Å²) in [4.78, 5) is 2.18. The predicted molar refractivity (Wildman–Crippen MR) is 71.0 cm³/mol. The van der Waals surface area contributed by atoms with Gasteiger partial charge in [0.2, 0.25) is 0 Å². The average Bonchev–Trinajstić information content (AvgIpc) is 2.85. The van der Waals surface area contributed by atoms with Crippen LogP contribution in [0.3, 0.4) is 0 Å². The van der Waals surface area contributed by atoms with Crippen molar-refractivity contribution in [3.05, 3.63) is 0 Å². The van der Waals surface area contributed by atoms with Crippen molar-refractivity contribution in [2.24, 2.45) is 11.7 Å². The molecule has 0 aromatic heterocycles. The van der Waals surface area contributed by atoms with E-state index in [0.29, 0.717) is 18.5 Å². The van der Waals surface area contributed by atoms with Crippen LogP contribution in [0.4, 0.5) is 0 Å². The molecule has 18 heavy (non-hydrogen) atoms. The highest BCUT2D eigenvalue weighted by molar-refractivity contribution is 7.91. The van der Waals surface area contributed by atoms with Gasteiger partial charge in [0, 0.05) is 6.04 Å². The van der Waals surface area contributed by atoms with Crippen LogP contribution in [-0.4, -0.2) is 61.2 Å². The van der Waals surface area contributed by atoms with Crippen molar-refractivity contribution >= 4 is 9.84 Å². The molecule has 106 valence electrons. The number of hydrogen-bond donors (Lipinski definition) is 2. The SMILES string of the molecule is CCN(C1CS(=O)(=O)CC1O)C1CCCC1CN. The third-order valence-corrected chi connectivity index (χ3v) is 6.13. The number of likely N-dealkylation sites (N-methyl/N-ethyl adjacent to an activating group) is 1.